The van der Waals surface area contributed by atoms with Crippen LogP contribution in [-0.2, 0) is 4.79 Å². The molecule has 0 radical (unpaired) electrons. The predicted octanol–water partition coefficient (Wildman–Crippen LogP) is 1.73. The van der Waals surface area contributed by atoms with Gasteiger partial charge in [-0.2, -0.15) is 0 Å². The Labute approximate surface area is 83.8 Å². The first-order chi connectivity index (χ1) is 6.50. The van der Waals surface area contributed by atoms with Gasteiger partial charge >= 0.3 is 0 Å². The van der Waals surface area contributed by atoms with Gasteiger partial charge in [-0.15, -0.1) is 0 Å². The highest BCUT2D eigenvalue weighted by Crippen LogP contribution is 2.26. The maximum Gasteiger partial charge on any atom is 0.158 e. The highest BCUT2D eigenvalue weighted by molar-refractivity contribution is 5.80. The minimum atomic E-state index is -0.905. The first kappa shape index (κ1) is 11.0. The van der Waals surface area contributed by atoms with Crippen LogP contribution in [0.4, 0.5) is 0 Å². The van der Waals surface area contributed by atoms with Gasteiger partial charge < -0.3 is 10.2 Å². The number of aliphatic hydroxyl groups is 2. The van der Waals surface area contributed by atoms with E-state index in [1.165, 1.54) is 6.92 Å². The smallest absolute Gasteiger partial charge is 0.158 e. The van der Waals surface area contributed by atoms with Crippen LogP contribution in [-0.4, -0.2) is 22.1 Å². The van der Waals surface area contributed by atoms with Gasteiger partial charge in [-0.1, -0.05) is 18.6 Å². The van der Waals surface area contributed by atoms with Crippen LogP contribution in [0.3, 0.4) is 0 Å². The standard InChI is InChI=1S/C11H16O3/c1-7-5-10(13)4-3-9(7)6-11(14)8(2)12/h3-4,7,11,13-14H,5-6H2,1-2H3/t7?,11-/m0/s1. The molecular formula is C11H16O3. The van der Waals surface area contributed by atoms with Crippen molar-refractivity contribution in [3.8, 4) is 0 Å². The molecule has 2 atom stereocenters. The van der Waals surface area contributed by atoms with Gasteiger partial charge in [0.1, 0.15) is 6.10 Å². The monoisotopic (exact) mass is 196 g/mol. The van der Waals surface area contributed by atoms with Crippen molar-refractivity contribution in [3.63, 3.8) is 0 Å². The molecule has 3 heteroatoms. The molecule has 0 fully saturated rings. The summed E-state index contributed by atoms with van der Waals surface area (Å²) in [7, 11) is 0. The average Bonchev–Trinajstić information content (AvgIpc) is 2.09. The summed E-state index contributed by atoms with van der Waals surface area (Å²) in [5.41, 5.74) is 1.02. The molecule has 0 aromatic rings. The maximum atomic E-state index is 10.8. The zero-order chi connectivity index (χ0) is 10.7. The van der Waals surface area contributed by atoms with Crippen molar-refractivity contribution < 1.29 is 15.0 Å². The van der Waals surface area contributed by atoms with Crippen LogP contribution < -0.4 is 0 Å². The number of carbonyl (C=O) groups excluding carboxylic acids is 1. The van der Waals surface area contributed by atoms with Gasteiger partial charge in [-0.3, -0.25) is 4.79 Å². The second-order valence-electron chi connectivity index (χ2n) is 3.84. The van der Waals surface area contributed by atoms with E-state index in [1.54, 1.807) is 12.2 Å². The maximum absolute atomic E-state index is 10.8. The number of hydrogen-bond acceptors (Lipinski definition) is 3. The van der Waals surface area contributed by atoms with E-state index in [2.05, 4.69) is 0 Å². The predicted molar refractivity (Wildman–Crippen MR) is 53.9 cm³/mol. The molecule has 14 heavy (non-hydrogen) atoms. The molecule has 78 valence electrons. The van der Waals surface area contributed by atoms with Crippen LogP contribution in [0.5, 0.6) is 0 Å². The van der Waals surface area contributed by atoms with Crippen LogP contribution in [0, 0.1) is 5.92 Å². The van der Waals surface area contributed by atoms with Crippen LogP contribution in [0.1, 0.15) is 26.7 Å². The van der Waals surface area contributed by atoms with E-state index in [0.29, 0.717) is 18.6 Å². The number of carbonyl (C=O) groups is 1. The van der Waals surface area contributed by atoms with Gasteiger partial charge in [0, 0.05) is 12.8 Å². The minimum absolute atomic E-state index is 0.203. The third kappa shape index (κ3) is 2.70. The van der Waals surface area contributed by atoms with Crippen molar-refractivity contribution in [1.29, 1.82) is 0 Å². The van der Waals surface area contributed by atoms with Gasteiger partial charge in [0.25, 0.3) is 0 Å². The molecule has 1 aliphatic carbocycles. The lowest BCUT2D eigenvalue weighted by atomic mass is 9.88. The molecule has 0 saturated carbocycles. The van der Waals surface area contributed by atoms with E-state index in [-0.39, 0.29) is 11.7 Å². The number of allylic oxidation sites excluding steroid dienone is 3. The van der Waals surface area contributed by atoms with Crippen LogP contribution >= 0.6 is 0 Å². The van der Waals surface area contributed by atoms with E-state index in [4.69, 9.17) is 0 Å². The third-order valence-corrected chi connectivity index (χ3v) is 2.54. The Morgan fingerprint density at radius 1 is 1.64 bits per heavy atom. The summed E-state index contributed by atoms with van der Waals surface area (Å²) in [5.74, 6) is 0.351. The second kappa shape index (κ2) is 4.42. The number of rotatable bonds is 3. The molecule has 0 amide bonds. The van der Waals surface area contributed by atoms with Crippen molar-refractivity contribution >= 4 is 5.78 Å². The molecule has 0 heterocycles. The molecule has 1 unspecified atom stereocenters. The first-order valence-corrected chi connectivity index (χ1v) is 4.77. The van der Waals surface area contributed by atoms with Crippen molar-refractivity contribution in [2.45, 2.75) is 32.8 Å². The Balaban J connectivity index is 2.65. The zero-order valence-electron chi connectivity index (χ0n) is 8.53. The van der Waals surface area contributed by atoms with E-state index >= 15 is 0 Å². The van der Waals surface area contributed by atoms with E-state index in [1.807, 2.05) is 6.92 Å². The van der Waals surface area contributed by atoms with Gasteiger partial charge in [0.15, 0.2) is 5.78 Å². The Morgan fingerprint density at radius 2 is 2.29 bits per heavy atom. The Bertz CT molecular complexity index is 289. The van der Waals surface area contributed by atoms with Crippen LogP contribution in [0.15, 0.2) is 23.5 Å². The van der Waals surface area contributed by atoms with Crippen LogP contribution in [0.2, 0.25) is 0 Å². The highest BCUT2D eigenvalue weighted by Gasteiger charge is 2.19. The average molecular weight is 196 g/mol. The Kier molecular flexibility index (Phi) is 3.47. The molecule has 0 bridgehead atoms. The molecule has 1 aliphatic rings. The molecule has 0 aromatic carbocycles. The Morgan fingerprint density at radius 3 is 2.79 bits per heavy atom. The number of ketones is 1. The van der Waals surface area contributed by atoms with Gasteiger partial charge in [-0.25, -0.2) is 0 Å². The lowest BCUT2D eigenvalue weighted by molar-refractivity contribution is -0.124. The Hall–Kier alpha value is -1.09. The molecule has 1 rings (SSSR count). The quantitative estimate of drug-likeness (QED) is 0.722. The molecule has 0 saturated heterocycles. The van der Waals surface area contributed by atoms with Gasteiger partial charge in [0.05, 0.1) is 5.76 Å². The van der Waals surface area contributed by atoms with E-state index in [0.717, 1.165) is 5.57 Å². The lowest BCUT2D eigenvalue weighted by Crippen LogP contribution is -2.20. The summed E-state index contributed by atoms with van der Waals surface area (Å²) < 4.78 is 0. The molecule has 3 nitrogen and oxygen atoms in total. The fourth-order valence-electron chi connectivity index (χ4n) is 1.52. The summed E-state index contributed by atoms with van der Waals surface area (Å²) in [6.07, 6.45) is 3.48. The lowest BCUT2D eigenvalue weighted by Gasteiger charge is -2.20. The second-order valence-corrected chi connectivity index (χ2v) is 3.84. The summed E-state index contributed by atoms with van der Waals surface area (Å²) >= 11 is 0. The SMILES string of the molecule is CC(=O)[C@@H](O)CC1=CC=C(O)CC1C. The molecule has 0 aliphatic heterocycles. The normalized spacial score (nSPS) is 23.8. The largest absolute Gasteiger partial charge is 0.512 e. The van der Waals surface area contributed by atoms with Crippen molar-refractivity contribution in [2.24, 2.45) is 5.92 Å². The number of aliphatic hydroxyl groups excluding tert-OH is 2. The van der Waals surface area contributed by atoms with Crippen molar-refractivity contribution in [1.82, 2.24) is 0 Å². The molecular weight excluding hydrogens is 180 g/mol. The van der Waals surface area contributed by atoms with Crippen molar-refractivity contribution in [3.05, 3.63) is 23.5 Å². The molecule has 0 spiro atoms. The summed E-state index contributed by atoms with van der Waals surface area (Å²) in [5, 5.41) is 18.6. The van der Waals surface area contributed by atoms with E-state index < -0.39 is 6.10 Å². The first-order valence-electron chi connectivity index (χ1n) is 4.77. The molecule has 2 N–H and O–H groups in total. The van der Waals surface area contributed by atoms with Gasteiger partial charge in [0.2, 0.25) is 0 Å². The number of Topliss-reactive ketones (excluding diaryl/α,β-unsaturated/α-hetero) is 1. The van der Waals surface area contributed by atoms with E-state index in [9.17, 15) is 15.0 Å². The summed E-state index contributed by atoms with van der Waals surface area (Å²) in [6.45, 7) is 3.36. The minimum Gasteiger partial charge on any atom is -0.512 e. The fraction of sp³-hybridized carbons (Fsp3) is 0.545. The molecule has 0 aromatic heterocycles. The van der Waals surface area contributed by atoms with Crippen LogP contribution in [0.25, 0.3) is 0 Å². The third-order valence-electron chi connectivity index (χ3n) is 2.54. The topological polar surface area (TPSA) is 57.5 Å². The summed E-state index contributed by atoms with van der Waals surface area (Å²) in [6, 6.07) is 0. The summed E-state index contributed by atoms with van der Waals surface area (Å²) in [4.78, 5) is 10.8. The zero-order valence-corrected chi connectivity index (χ0v) is 8.53. The fourth-order valence-corrected chi connectivity index (χ4v) is 1.52. The number of hydrogen-bond donors (Lipinski definition) is 2. The van der Waals surface area contributed by atoms with Crippen molar-refractivity contribution in [2.75, 3.05) is 0 Å². The van der Waals surface area contributed by atoms with Gasteiger partial charge in [-0.05, 0) is 18.9 Å². The highest BCUT2D eigenvalue weighted by atomic mass is 16.3.